The number of rotatable bonds is 5. The Balaban J connectivity index is 1.37. The number of aromatic nitrogens is 3. The molecule has 4 aromatic rings. The number of benzene rings is 1. The summed E-state index contributed by atoms with van der Waals surface area (Å²) >= 11 is 1.36. The normalized spacial score (nSPS) is 15.0. The van der Waals surface area contributed by atoms with E-state index in [1.54, 1.807) is 43.8 Å². The second-order valence-corrected chi connectivity index (χ2v) is 13.6. The number of carbonyl (C=O) groups excluding carboxylic acids is 3. The number of pyridine rings is 1. The Labute approximate surface area is 260 Å². The molecule has 3 aromatic heterocycles. The number of carbonyl (C=O) groups is 3. The molecule has 4 amide bonds. The van der Waals surface area contributed by atoms with Gasteiger partial charge in [0.2, 0.25) is 11.8 Å². The van der Waals surface area contributed by atoms with Crippen molar-refractivity contribution in [3.05, 3.63) is 64.5 Å². The van der Waals surface area contributed by atoms with Gasteiger partial charge in [0, 0.05) is 49.4 Å². The van der Waals surface area contributed by atoms with Crippen molar-refractivity contribution >= 4 is 39.9 Å². The molecule has 0 atom stereocenters. The maximum Gasteiger partial charge on any atom is 0.324 e. The first kappa shape index (κ1) is 30.9. The SMILES string of the molecule is Cc1nnc(-c2ccc(-c3cc(NC(=O)Nc4sc(C(C)(C)C)cc4C(=O)N4CCN(C)C(=O)C4(C)C)ccc3C)cn2)o1. The molecule has 4 heterocycles. The molecule has 11 nitrogen and oxygen atoms in total. The van der Waals surface area contributed by atoms with Crippen molar-refractivity contribution in [2.24, 2.45) is 0 Å². The molecule has 5 rings (SSSR count). The van der Waals surface area contributed by atoms with Crippen LogP contribution in [0.1, 0.15) is 61.3 Å². The number of hydrogen-bond acceptors (Lipinski definition) is 8. The Bertz CT molecular complexity index is 1730. The molecule has 0 unspecified atom stereocenters. The van der Waals surface area contributed by atoms with Gasteiger partial charge < -0.3 is 19.5 Å². The predicted octanol–water partition coefficient (Wildman–Crippen LogP) is 6.11. The highest BCUT2D eigenvalue weighted by Gasteiger charge is 2.44. The van der Waals surface area contributed by atoms with Gasteiger partial charge in [-0.3, -0.25) is 19.9 Å². The third-order valence-corrected chi connectivity index (χ3v) is 9.17. The molecule has 2 N–H and O–H groups in total. The Kier molecular flexibility index (Phi) is 8.06. The summed E-state index contributed by atoms with van der Waals surface area (Å²) in [5, 5.41) is 14.1. The third kappa shape index (κ3) is 6.07. The lowest BCUT2D eigenvalue weighted by atomic mass is 9.93. The van der Waals surface area contributed by atoms with Crippen molar-refractivity contribution in [3.63, 3.8) is 0 Å². The van der Waals surface area contributed by atoms with Crippen molar-refractivity contribution in [2.45, 2.75) is 59.4 Å². The molecule has 12 heteroatoms. The Morgan fingerprint density at radius 3 is 2.41 bits per heavy atom. The van der Waals surface area contributed by atoms with Crippen LogP contribution in [-0.2, 0) is 10.2 Å². The molecule has 0 spiro atoms. The van der Waals surface area contributed by atoms with E-state index in [-0.39, 0.29) is 17.2 Å². The second-order valence-electron chi connectivity index (χ2n) is 12.5. The lowest BCUT2D eigenvalue weighted by Gasteiger charge is -2.44. The van der Waals surface area contributed by atoms with Gasteiger partial charge in [0.25, 0.3) is 11.8 Å². The molecule has 1 aliphatic heterocycles. The first-order chi connectivity index (χ1) is 20.6. The van der Waals surface area contributed by atoms with E-state index in [1.165, 1.54) is 11.3 Å². The quantitative estimate of drug-likeness (QED) is 0.277. The van der Waals surface area contributed by atoms with Crippen LogP contribution in [0.2, 0.25) is 0 Å². The average Bonchev–Trinajstić information content (AvgIpc) is 3.59. The summed E-state index contributed by atoms with van der Waals surface area (Å²) in [6, 6.07) is 10.7. The number of hydrogen-bond donors (Lipinski definition) is 2. The largest absolute Gasteiger partial charge is 0.420 e. The molecule has 44 heavy (non-hydrogen) atoms. The van der Waals surface area contributed by atoms with Gasteiger partial charge >= 0.3 is 6.03 Å². The highest BCUT2D eigenvalue weighted by molar-refractivity contribution is 7.16. The number of nitrogens with zero attached hydrogens (tertiary/aromatic N) is 5. The Morgan fingerprint density at radius 2 is 1.77 bits per heavy atom. The summed E-state index contributed by atoms with van der Waals surface area (Å²) < 4.78 is 5.47. The van der Waals surface area contributed by atoms with E-state index in [1.807, 2.05) is 43.3 Å². The molecule has 230 valence electrons. The maximum atomic E-state index is 13.9. The van der Waals surface area contributed by atoms with Crippen LogP contribution in [0.15, 0.2) is 47.0 Å². The van der Waals surface area contributed by atoms with E-state index in [0.717, 1.165) is 21.6 Å². The van der Waals surface area contributed by atoms with E-state index in [9.17, 15) is 14.4 Å². The fourth-order valence-corrected chi connectivity index (χ4v) is 6.19. The van der Waals surface area contributed by atoms with Crippen molar-refractivity contribution in [3.8, 4) is 22.7 Å². The summed E-state index contributed by atoms with van der Waals surface area (Å²) in [6.07, 6.45) is 1.73. The third-order valence-electron chi connectivity index (χ3n) is 7.69. The van der Waals surface area contributed by atoms with Crippen LogP contribution in [0.5, 0.6) is 0 Å². The van der Waals surface area contributed by atoms with Crippen LogP contribution in [0.25, 0.3) is 22.7 Å². The van der Waals surface area contributed by atoms with Crippen molar-refractivity contribution in [2.75, 3.05) is 30.8 Å². The number of nitrogens with one attached hydrogen (secondary N) is 2. The molecular formula is C32H37N7O4S. The zero-order chi connectivity index (χ0) is 32.0. The summed E-state index contributed by atoms with van der Waals surface area (Å²) in [6.45, 7) is 14.2. The van der Waals surface area contributed by atoms with Crippen LogP contribution < -0.4 is 10.6 Å². The van der Waals surface area contributed by atoms with Gasteiger partial charge in [0.05, 0.1) is 5.56 Å². The smallest absolute Gasteiger partial charge is 0.324 e. The minimum Gasteiger partial charge on any atom is -0.420 e. The Morgan fingerprint density at radius 1 is 1.02 bits per heavy atom. The fourth-order valence-electron chi connectivity index (χ4n) is 5.08. The van der Waals surface area contributed by atoms with E-state index in [2.05, 4.69) is 46.6 Å². The number of aryl methyl sites for hydroxylation is 2. The number of piperazine rings is 1. The lowest BCUT2D eigenvalue weighted by molar-refractivity contribution is -0.144. The van der Waals surface area contributed by atoms with Crippen LogP contribution in [0, 0.1) is 13.8 Å². The number of anilines is 2. The minimum atomic E-state index is -1.01. The number of urea groups is 1. The molecule has 0 radical (unpaired) electrons. The first-order valence-corrected chi connectivity index (χ1v) is 15.1. The zero-order valence-corrected chi connectivity index (χ0v) is 27.0. The van der Waals surface area contributed by atoms with Crippen molar-refractivity contribution < 1.29 is 18.8 Å². The monoisotopic (exact) mass is 615 g/mol. The van der Waals surface area contributed by atoms with E-state index in [0.29, 0.717) is 46.8 Å². The Hall–Kier alpha value is -4.58. The summed E-state index contributed by atoms with van der Waals surface area (Å²) in [4.78, 5) is 48.8. The van der Waals surface area contributed by atoms with Gasteiger partial charge in [0.15, 0.2) is 0 Å². The maximum absolute atomic E-state index is 13.9. The first-order valence-electron chi connectivity index (χ1n) is 14.3. The number of thiophene rings is 1. The summed E-state index contributed by atoms with van der Waals surface area (Å²) in [5.74, 6) is 0.399. The number of likely N-dealkylation sites (N-methyl/N-ethyl adjacent to an activating group) is 1. The van der Waals surface area contributed by atoms with Crippen LogP contribution in [0.4, 0.5) is 15.5 Å². The standard InChI is InChI=1S/C32H37N7O4S/c1-18-9-11-21(15-22(18)20-10-12-24(33-17-20)26-37-36-19(2)43-26)34-30(42)35-27-23(16-25(44-27)31(3,4)5)28(40)39-14-13-38(8)29(41)32(39,6)7/h9-12,15-17H,13-14H2,1-8H3,(H2,34,35,42). The van der Waals surface area contributed by atoms with Crippen molar-refractivity contribution in [1.29, 1.82) is 0 Å². The van der Waals surface area contributed by atoms with Crippen LogP contribution in [-0.4, -0.2) is 68.5 Å². The molecule has 1 aromatic carbocycles. The zero-order valence-electron chi connectivity index (χ0n) is 26.2. The summed E-state index contributed by atoms with van der Waals surface area (Å²) in [7, 11) is 1.74. The molecule has 0 aliphatic carbocycles. The van der Waals surface area contributed by atoms with Gasteiger partial charge in [-0.2, -0.15) is 0 Å². The van der Waals surface area contributed by atoms with Gasteiger partial charge in [-0.15, -0.1) is 21.5 Å². The molecule has 0 saturated carbocycles. The average molecular weight is 616 g/mol. The van der Waals surface area contributed by atoms with Crippen LogP contribution >= 0.6 is 11.3 Å². The van der Waals surface area contributed by atoms with Gasteiger partial charge in [0.1, 0.15) is 16.2 Å². The van der Waals surface area contributed by atoms with E-state index in [4.69, 9.17) is 4.42 Å². The van der Waals surface area contributed by atoms with Gasteiger partial charge in [-0.05, 0) is 61.6 Å². The molecule has 1 fully saturated rings. The van der Waals surface area contributed by atoms with Crippen LogP contribution in [0.3, 0.4) is 0 Å². The molecule has 1 aliphatic rings. The minimum absolute atomic E-state index is 0.125. The van der Waals surface area contributed by atoms with Gasteiger partial charge in [-0.1, -0.05) is 32.9 Å². The molecular weight excluding hydrogens is 578 g/mol. The number of amides is 4. The molecule has 0 bridgehead atoms. The topological polar surface area (TPSA) is 134 Å². The lowest BCUT2D eigenvalue weighted by Crippen LogP contribution is -2.63. The second kappa shape index (κ2) is 11.5. The predicted molar refractivity (Wildman–Crippen MR) is 171 cm³/mol. The van der Waals surface area contributed by atoms with Gasteiger partial charge in [-0.25, -0.2) is 4.79 Å². The fraction of sp³-hybridized carbons (Fsp3) is 0.375. The van der Waals surface area contributed by atoms with E-state index < -0.39 is 11.6 Å². The molecule has 1 saturated heterocycles. The highest BCUT2D eigenvalue weighted by Crippen LogP contribution is 2.38. The van der Waals surface area contributed by atoms with Crippen molar-refractivity contribution in [1.82, 2.24) is 25.0 Å². The van der Waals surface area contributed by atoms with E-state index >= 15 is 0 Å². The summed E-state index contributed by atoms with van der Waals surface area (Å²) in [5.41, 5.74) is 3.01. The highest BCUT2D eigenvalue weighted by atomic mass is 32.1.